The van der Waals surface area contributed by atoms with Gasteiger partial charge in [-0.3, -0.25) is 14.5 Å². The molecule has 1 aliphatic heterocycles. The van der Waals surface area contributed by atoms with Crippen LogP contribution in [0.2, 0.25) is 4.34 Å². The van der Waals surface area contributed by atoms with E-state index in [-0.39, 0.29) is 11.8 Å². The number of benzene rings is 1. The summed E-state index contributed by atoms with van der Waals surface area (Å²) in [7, 11) is 0. The standard InChI is InChI=1S/C17H17ClN2O2S/c18-15-8-7-12(23-15)11-19-9-3-4-10-20-16(21)13-5-1-2-6-14(13)17(20)22/h1-2,5-8,19H,3-4,9-11H2. The zero-order valence-electron chi connectivity index (χ0n) is 12.5. The number of hydrogen-bond donors (Lipinski definition) is 1. The monoisotopic (exact) mass is 348 g/mol. The molecule has 1 N–H and O–H groups in total. The Morgan fingerprint density at radius 3 is 2.30 bits per heavy atom. The number of imide groups is 1. The van der Waals surface area contributed by atoms with Crippen molar-refractivity contribution in [3.8, 4) is 0 Å². The zero-order chi connectivity index (χ0) is 16.2. The van der Waals surface area contributed by atoms with Gasteiger partial charge >= 0.3 is 0 Å². The van der Waals surface area contributed by atoms with Crippen molar-refractivity contribution in [2.75, 3.05) is 13.1 Å². The minimum absolute atomic E-state index is 0.174. The van der Waals surface area contributed by atoms with Gasteiger partial charge in [0.25, 0.3) is 11.8 Å². The highest BCUT2D eigenvalue weighted by Crippen LogP contribution is 2.23. The lowest BCUT2D eigenvalue weighted by atomic mass is 10.1. The van der Waals surface area contributed by atoms with Gasteiger partial charge in [-0.1, -0.05) is 23.7 Å². The van der Waals surface area contributed by atoms with Gasteiger partial charge in [0.1, 0.15) is 0 Å². The van der Waals surface area contributed by atoms with Gasteiger partial charge in [0.2, 0.25) is 0 Å². The SMILES string of the molecule is O=C1c2ccccc2C(=O)N1CCCCNCc1ccc(Cl)s1. The molecular weight excluding hydrogens is 332 g/mol. The Morgan fingerprint density at radius 2 is 1.70 bits per heavy atom. The Labute approximate surface area is 144 Å². The van der Waals surface area contributed by atoms with E-state index in [1.165, 1.54) is 9.78 Å². The summed E-state index contributed by atoms with van der Waals surface area (Å²) >= 11 is 7.45. The number of hydrogen-bond acceptors (Lipinski definition) is 4. The second-order valence-electron chi connectivity index (χ2n) is 5.40. The van der Waals surface area contributed by atoms with Crippen molar-refractivity contribution in [3.63, 3.8) is 0 Å². The normalized spacial score (nSPS) is 13.7. The molecule has 120 valence electrons. The summed E-state index contributed by atoms with van der Waals surface area (Å²) in [6, 6.07) is 10.9. The van der Waals surface area contributed by atoms with Gasteiger partial charge in [0.15, 0.2) is 0 Å². The highest BCUT2D eigenvalue weighted by Gasteiger charge is 2.34. The highest BCUT2D eigenvalue weighted by molar-refractivity contribution is 7.16. The minimum Gasteiger partial charge on any atom is -0.312 e. The molecule has 23 heavy (non-hydrogen) atoms. The second-order valence-corrected chi connectivity index (χ2v) is 7.20. The molecule has 6 heteroatoms. The van der Waals surface area contributed by atoms with Crippen LogP contribution in [0.3, 0.4) is 0 Å². The summed E-state index contributed by atoms with van der Waals surface area (Å²) < 4.78 is 0.799. The maximum absolute atomic E-state index is 12.2. The minimum atomic E-state index is -0.174. The first kappa shape index (κ1) is 16.2. The highest BCUT2D eigenvalue weighted by atomic mass is 35.5. The van der Waals surface area contributed by atoms with Gasteiger partial charge in [-0.15, -0.1) is 11.3 Å². The average molecular weight is 349 g/mol. The largest absolute Gasteiger partial charge is 0.312 e. The van der Waals surface area contributed by atoms with Crippen LogP contribution in [-0.4, -0.2) is 29.8 Å². The fourth-order valence-corrected chi connectivity index (χ4v) is 3.68. The van der Waals surface area contributed by atoms with Gasteiger partial charge in [0.05, 0.1) is 15.5 Å². The molecule has 0 atom stereocenters. The molecule has 3 rings (SSSR count). The van der Waals surface area contributed by atoms with Crippen molar-refractivity contribution >= 4 is 34.8 Å². The van der Waals surface area contributed by atoms with Crippen molar-refractivity contribution in [2.45, 2.75) is 19.4 Å². The zero-order valence-corrected chi connectivity index (χ0v) is 14.1. The third-order valence-electron chi connectivity index (χ3n) is 3.79. The number of carbonyl (C=O) groups is 2. The van der Waals surface area contributed by atoms with E-state index in [9.17, 15) is 9.59 Å². The quantitative estimate of drug-likeness (QED) is 0.614. The molecule has 0 aliphatic carbocycles. The van der Waals surface area contributed by atoms with E-state index in [4.69, 9.17) is 11.6 Å². The molecule has 2 amide bonds. The van der Waals surface area contributed by atoms with Crippen molar-refractivity contribution in [2.24, 2.45) is 0 Å². The van der Waals surface area contributed by atoms with Gasteiger partial charge in [0, 0.05) is 18.0 Å². The van der Waals surface area contributed by atoms with Crippen LogP contribution >= 0.6 is 22.9 Å². The van der Waals surface area contributed by atoms with E-state index in [1.807, 2.05) is 12.1 Å². The number of carbonyl (C=O) groups excluding carboxylic acids is 2. The maximum Gasteiger partial charge on any atom is 0.261 e. The molecule has 2 aromatic rings. The van der Waals surface area contributed by atoms with Crippen molar-refractivity contribution < 1.29 is 9.59 Å². The molecule has 4 nitrogen and oxygen atoms in total. The number of amides is 2. The molecule has 2 heterocycles. The van der Waals surface area contributed by atoms with E-state index >= 15 is 0 Å². The summed E-state index contributed by atoms with van der Waals surface area (Å²) in [5, 5.41) is 3.34. The van der Waals surface area contributed by atoms with Crippen molar-refractivity contribution in [1.82, 2.24) is 10.2 Å². The third kappa shape index (κ3) is 3.63. The smallest absolute Gasteiger partial charge is 0.261 e. The van der Waals surface area contributed by atoms with Gasteiger partial charge in [-0.25, -0.2) is 0 Å². The van der Waals surface area contributed by atoms with E-state index in [0.717, 1.165) is 30.3 Å². The van der Waals surface area contributed by atoms with Crippen molar-refractivity contribution in [1.29, 1.82) is 0 Å². The predicted molar refractivity (Wildman–Crippen MR) is 92.1 cm³/mol. The van der Waals surface area contributed by atoms with E-state index in [1.54, 1.807) is 35.6 Å². The van der Waals surface area contributed by atoms with Crippen LogP contribution in [0.5, 0.6) is 0 Å². The first-order valence-electron chi connectivity index (χ1n) is 7.57. The van der Waals surface area contributed by atoms with Crippen LogP contribution in [0.1, 0.15) is 38.4 Å². The Balaban J connectivity index is 1.40. The average Bonchev–Trinajstić information content (AvgIpc) is 3.07. The Morgan fingerprint density at radius 1 is 1.00 bits per heavy atom. The van der Waals surface area contributed by atoms with Gasteiger partial charge in [-0.05, 0) is 43.7 Å². The summed E-state index contributed by atoms with van der Waals surface area (Å²) in [5.74, 6) is -0.349. The molecule has 0 unspecified atom stereocenters. The Bertz CT molecular complexity index is 694. The molecule has 0 fully saturated rings. The lowest BCUT2D eigenvalue weighted by Gasteiger charge is -2.13. The molecule has 0 radical (unpaired) electrons. The number of nitrogens with zero attached hydrogens (tertiary/aromatic N) is 1. The Hall–Kier alpha value is -1.69. The lowest BCUT2D eigenvalue weighted by molar-refractivity contribution is 0.0651. The fourth-order valence-electron chi connectivity index (χ4n) is 2.62. The maximum atomic E-state index is 12.2. The van der Waals surface area contributed by atoms with Crippen LogP contribution in [0.25, 0.3) is 0 Å². The van der Waals surface area contributed by atoms with Crippen LogP contribution in [-0.2, 0) is 6.54 Å². The topological polar surface area (TPSA) is 49.4 Å². The lowest BCUT2D eigenvalue weighted by Crippen LogP contribution is -2.31. The molecule has 0 saturated heterocycles. The predicted octanol–water partition coefficient (Wildman–Crippen LogP) is 3.57. The summed E-state index contributed by atoms with van der Waals surface area (Å²) in [6.45, 7) is 2.11. The fraction of sp³-hybridized carbons (Fsp3) is 0.294. The van der Waals surface area contributed by atoms with Crippen LogP contribution in [0, 0.1) is 0 Å². The van der Waals surface area contributed by atoms with Crippen LogP contribution < -0.4 is 5.32 Å². The number of nitrogens with one attached hydrogen (secondary N) is 1. The number of rotatable bonds is 7. The molecule has 0 saturated carbocycles. The number of unbranched alkanes of at least 4 members (excludes halogenated alkanes) is 1. The molecule has 1 aliphatic rings. The number of halogens is 1. The van der Waals surface area contributed by atoms with Crippen LogP contribution in [0.15, 0.2) is 36.4 Å². The summed E-state index contributed by atoms with van der Waals surface area (Å²) in [6.07, 6.45) is 1.70. The number of thiophene rings is 1. The molecular formula is C17H17ClN2O2S. The van der Waals surface area contributed by atoms with Gasteiger partial charge < -0.3 is 5.32 Å². The summed E-state index contributed by atoms with van der Waals surface area (Å²) in [4.78, 5) is 26.9. The molecule has 1 aromatic heterocycles. The summed E-state index contributed by atoms with van der Waals surface area (Å²) in [5.41, 5.74) is 1.04. The van der Waals surface area contributed by atoms with Crippen LogP contribution in [0.4, 0.5) is 0 Å². The number of fused-ring (bicyclic) bond motifs is 1. The van der Waals surface area contributed by atoms with E-state index < -0.39 is 0 Å². The molecule has 0 bridgehead atoms. The van der Waals surface area contributed by atoms with E-state index in [0.29, 0.717) is 17.7 Å². The first-order valence-corrected chi connectivity index (χ1v) is 8.76. The van der Waals surface area contributed by atoms with Crippen molar-refractivity contribution in [3.05, 3.63) is 56.7 Å². The first-order chi connectivity index (χ1) is 11.2. The Kier molecular flexibility index (Phi) is 5.10. The molecule has 0 spiro atoms. The third-order valence-corrected chi connectivity index (χ3v) is 5.02. The van der Waals surface area contributed by atoms with Gasteiger partial charge in [-0.2, -0.15) is 0 Å². The second kappa shape index (κ2) is 7.25. The van der Waals surface area contributed by atoms with E-state index in [2.05, 4.69) is 5.32 Å². The molecule has 1 aromatic carbocycles.